The molecule has 0 atom stereocenters. The Kier molecular flexibility index (Phi) is 5.52. The van der Waals surface area contributed by atoms with Gasteiger partial charge in [-0.25, -0.2) is 13.4 Å². The van der Waals surface area contributed by atoms with Gasteiger partial charge in [-0.05, 0) is 25.0 Å². The molecule has 1 aromatic heterocycles. The smallest absolute Gasteiger partial charge is 0.226 e. The third-order valence-electron chi connectivity index (χ3n) is 3.05. The molecule has 6 heteroatoms. The van der Waals surface area contributed by atoms with Crippen LogP contribution in [0.5, 0.6) is 0 Å². The fourth-order valence-corrected chi connectivity index (χ4v) is 3.37. The van der Waals surface area contributed by atoms with Gasteiger partial charge in [-0.3, -0.25) is 0 Å². The highest BCUT2D eigenvalue weighted by atomic mass is 32.2. The van der Waals surface area contributed by atoms with Crippen LogP contribution in [0.4, 0.5) is 0 Å². The maximum atomic E-state index is 12.0. The van der Waals surface area contributed by atoms with Crippen molar-refractivity contribution in [1.29, 1.82) is 0 Å². The standard InChI is InChI=1S/C15H19NO4S/c17-9-5-2-6-10-21(18,19)12-14-11-20-15(16-14)13-7-3-1-4-8-13/h1,3-4,7-8,11,17H,2,5-6,9-10,12H2. The van der Waals surface area contributed by atoms with E-state index in [1.54, 1.807) is 0 Å². The summed E-state index contributed by atoms with van der Waals surface area (Å²) < 4.78 is 29.3. The van der Waals surface area contributed by atoms with Crippen LogP contribution in [0.2, 0.25) is 0 Å². The summed E-state index contributed by atoms with van der Waals surface area (Å²) in [5.74, 6) is 0.435. The Balaban J connectivity index is 1.96. The van der Waals surface area contributed by atoms with Gasteiger partial charge >= 0.3 is 0 Å². The average molecular weight is 309 g/mol. The minimum Gasteiger partial charge on any atom is -0.444 e. The Hall–Kier alpha value is -1.66. The van der Waals surface area contributed by atoms with Gasteiger partial charge in [-0.1, -0.05) is 24.6 Å². The quantitative estimate of drug-likeness (QED) is 0.757. The molecule has 5 nitrogen and oxygen atoms in total. The lowest BCUT2D eigenvalue weighted by Gasteiger charge is -2.01. The van der Waals surface area contributed by atoms with Crippen molar-refractivity contribution in [2.75, 3.05) is 12.4 Å². The maximum absolute atomic E-state index is 12.0. The van der Waals surface area contributed by atoms with Crippen molar-refractivity contribution in [2.45, 2.75) is 25.0 Å². The number of hydrogen-bond acceptors (Lipinski definition) is 5. The number of rotatable bonds is 8. The van der Waals surface area contributed by atoms with Crippen LogP contribution in [-0.4, -0.2) is 30.9 Å². The number of aliphatic hydroxyl groups excluding tert-OH is 1. The van der Waals surface area contributed by atoms with E-state index >= 15 is 0 Å². The molecule has 1 heterocycles. The van der Waals surface area contributed by atoms with Gasteiger partial charge in [0.25, 0.3) is 0 Å². The SMILES string of the molecule is O=S(=O)(CCCCCO)Cc1coc(-c2ccccc2)n1. The van der Waals surface area contributed by atoms with E-state index in [1.807, 2.05) is 30.3 Å². The molecule has 0 spiro atoms. The number of sulfone groups is 1. The van der Waals surface area contributed by atoms with Gasteiger partial charge in [0, 0.05) is 12.2 Å². The van der Waals surface area contributed by atoms with E-state index in [2.05, 4.69) is 4.98 Å². The zero-order valence-electron chi connectivity index (χ0n) is 11.7. The molecule has 0 radical (unpaired) electrons. The molecule has 0 bridgehead atoms. The fourth-order valence-electron chi connectivity index (χ4n) is 1.99. The molecule has 1 aromatic carbocycles. The molecule has 0 unspecified atom stereocenters. The van der Waals surface area contributed by atoms with Gasteiger partial charge in [0.1, 0.15) is 6.26 Å². The predicted octanol–water partition coefficient (Wildman–Crippen LogP) is 2.42. The topological polar surface area (TPSA) is 80.4 Å². The number of hydrogen-bond donors (Lipinski definition) is 1. The zero-order valence-corrected chi connectivity index (χ0v) is 12.6. The van der Waals surface area contributed by atoms with Crippen LogP contribution in [0.1, 0.15) is 25.0 Å². The molecular formula is C15H19NO4S. The largest absolute Gasteiger partial charge is 0.444 e. The minimum absolute atomic E-state index is 0.101. The summed E-state index contributed by atoms with van der Waals surface area (Å²) in [6.07, 6.45) is 3.31. The molecule has 0 aliphatic rings. The van der Waals surface area contributed by atoms with Crippen molar-refractivity contribution in [1.82, 2.24) is 4.98 Å². The fraction of sp³-hybridized carbons (Fsp3) is 0.400. The predicted molar refractivity (Wildman–Crippen MR) is 80.4 cm³/mol. The summed E-state index contributed by atoms with van der Waals surface area (Å²) in [6, 6.07) is 9.36. The summed E-state index contributed by atoms with van der Waals surface area (Å²) in [6.45, 7) is 0.101. The molecule has 1 N–H and O–H groups in total. The van der Waals surface area contributed by atoms with Gasteiger partial charge in [-0.2, -0.15) is 0 Å². The lowest BCUT2D eigenvalue weighted by Crippen LogP contribution is -2.09. The monoisotopic (exact) mass is 309 g/mol. The lowest BCUT2D eigenvalue weighted by atomic mass is 10.2. The van der Waals surface area contributed by atoms with E-state index in [1.165, 1.54) is 6.26 Å². The third-order valence-corrected chi connectivity index (χ3v) is 4.70. The molecule has 2 aromatic rings. The molecule has 0 aliphatic heterocycles. The maximum Gasteiger partial charge on any atom is 0.226 e. The number of benzene rings is 1. The van der Waals surface area contributed by atoms with Crippen molar-refractivity contribution in [2.24, 2.45) is 0 Å². The third kappa shape index (κ3) is 4.99. The van der Waals surface area contributed by atoms with Crippen molar-refractivity contribution in [3.05, 3.63) is 42.3 Å². The van der Waals surface area contributed by atoms with Crippen LogP contribution < -0.4 is 0 Å². The van der Waals surface area contributed by atoms with Gasteiger partial charge in [0.15, 0.2) is 9.84 Å². The van der Waals surface area contributed by atoms with E-state index < -0.39 is 9.84 Å². The summed E-state index contributed by atoms with van der Waals surface area (Å²) in [5.41, 5.74) is 1.25. The molecule has 0 amide bonds. The molecule has 114 valence electrons. The highest BCUT2D eigenvalue weighted by molar-refractivity contribution is 7.90. The van der Waals surface area contributed by atoms with Crippen molar-refractivity contribution < 1.29 is 17.9 Å². The van der Waals surface area contributed by atoms with E-state index in [0.29, 0.717) is 30.8 Å². The number of oxazole rings is 1. The van der Waals surface area contributed by atoms with Crippen LogP contribution in [0.3, 0.4) is 0 Å². The van der Waals surface area contributed by atoms with Crippen molar-refractivity contribution in [3.8, 4) is 11.5 Å². The number of unbranched alkanes of at least 4 members (excludes halogenated alkanes) is 2. The first kappa shape index (κ1) is 15.7. The highest BCUT2D eigenvalue weighted by Gasteiger charge is 2.15. The average Bonchev–Trinajstić information content (AvgIpc) is 2.92. The number of aliphatic hydroxyl groups is 1. The van der Waals surface area contributed by atoms with Gasteiger partial charge in [-0.15, -0.1) is 0 Å². The Labute approximate surface area is 124 Å². The second kappa shape index (κ2) is 7.38. The molecule has 0 fully saturated rings. The number of nitrogens with zero attached hydrogens (tertiary/aromatic N) is 1. The van der Waals surface area contributed by atoms with Crippen LogP contribution in [0.15, 0.2) is 41.0 Å². The summed E-state index contributed by atoms with van der Waals surface area (Å²) in [7, 11) is -3.19. The van der Waals surface area contributed by atoms with Crippen LogP contribution in [0, 0.1) is 0 Å². The van der Waals surface area contributed by atoms with Crippen molar-refractivity contribution >= 4 is 9.84 Å². The molecule has 0 aliphatic carbocycles. The Bertz CT molecular complexity index is 649. The first-order valence-electron chi connectivity index (χ1n) is 6.92. The van der Waals surface area contributed by atoms with Gasteiger partial charge < -0.3 is 9.52 Å². The summed E-state index contributed by atoms with van der Waals surface area (Å²) in [5, 5.41) is 8.67. The first-order chi connectivity index (χ1) is 10.1. The molecule has 0 saturated heterocycles. The van der Waals surface area contributed by atoms with E-state index in [9.17, 15) is 8.42 Å². The second-order valence-corrected chi connectivity index (χ2v) is 7.07. The van der Waals surface area contributed by atoms with E-state index in [-0.39, 0.29) is 18.1 Å². The Morgan fingerprint density at radius 1 is 1.10 bits per heavy atom. The normalized spacial score (nSPS) is 11.7. The van der Waals surface area contributed by atoms with Gasteiger partial charge in [0.2, 0.25) is 5.89 Å². The Morgan fingerprint density at radius 3 is 2.57 bits per heavy atom. The second-order valence-electron chi connectivity index (χ2n) is 4.89. The van der Waals surface area contributed by atoms with E-state index in [0.717, 1.165) is 5.56 Å². The highest BCUT2D eigenvalue weighted by Crippen LogP contribution is 2.19. The van der Waals surface area contributed by atoms with Crippen LogP contribution in [0.25, 0.3) is 11.5 Å². The van der Waals surface area contributed by atoms with Crippen molar-refractivity contribution in [3.63, 3.8) is 0 Å². The van der Waals surface area contributed by atoms with E-state index in [4.69, 9.17) is 9.52 Å². The van der Waals surface area contributed by atoms with Crippen LogP contribution in [-0.2, 0) is 15.6 Å². The molecular weight excluding hydrogens is 290 g/mol. The Morgan fingerprint density at radius 2 is 1.86 bits per heavy atom. The van der Waals surface area contributed by atoms with Crippen LogP contribution >= 0.6 is 0 Å². The molecule has 2 rings (SSSR count). The minimum atomic E-state index is -3.19. The number of aromatic nitrogens is 1. The lowest BCUT2D eigenvalue weighted by molar-refractivity contribution is 0.284. The molecule has 21 heavy (non-hydrogen) atoms. The zero-order chi connectivity index (χ0) is 15.1. The first-order valence-corrected chi connectivity index (χ1v) is 8.74. The summed E-state index contributed by atoms with van der Waals surface area (Å²) in [4.78, 5) is 4.22. The van der Waals surface area contributed by atoms with Gasteiger partial charge in [0.05, 0.1) is 17.2 Å². The summed E-state index contributed by atoms with van der Waals surface area (Å²) >= 11 is 0. The molecule has 0 saturated carbocycles.